The number of Topliss-reactive ketones (excluding diaryl/α,β-unsaturated/α-hetero) is 1. The van der Waals surface area contributed by atoms with E-state index in [9.17, 15) is 22.8 Å². The van der Waals surface area contributed by atoms with Gasteiger partial charge in [0, 0.05) is 22.5 Å². The number of allylic oxidation sites excluding steroid dienone is 2. The number of benzene rings is 1. The SMILES string of the molecule is Nc1ccc(C(=O)NNC2=C(C(=O)C(F)(F)F)CCCCC2)cc1. The lowest BCUT2D eigenvalue weighted by molar-refractivity contribution is -0.166. The summed E-state index contributed by atoms with van der Waals surface area (Å²) in [5.41, 5.74) is 11.0. The lowest BCUT2D eigenvalue weighted by atomic mass is 10.0. The topological polar surface area (TPSA) is 84.2 Å². The van der Waals surface area contributed by atoms with Gasteiger partial charge in [0.15, 0.2) is 0 Å². The summed E-state index contributed by atoms with van der Waals surface area (Å²) < 4.78 is 38.2. The van der Waals surface area contributed by atoms with Crippen LogP contribution in [0.4, 0.5) is 18.9 Å². The fourth-order valence-corrected chi connectivity index (χ4v) is 2.48. The molecule has 1 aliphatic carbocycles. The smallest absolute Gasteiger partial charge is 0.399 e. The molecule has 0 radical (unpaired) electrons. The quantitative estimate of drug-likeness (QED) is 0.581. The van der Waals surface area contributed by atoms with Gasteiger partial charge in [-0.15, -0.1) is 0 Å². The van der Waals surface area contributed by atoms with Gasteiger partial charge >= 0.3 is 6.18 Å². The van der Waals surface area contributed by atoms with Crippen LogP contribution in [0.25, 0.3) is 0 Å². The van der Waals surface area contributed by atoms with Crippen molar-refractivity contribution in [3.05, 3.63) is 41.1 Å². The molecule has 0 fully saturated rings. The molecule has 0 saturated heterocycles. The van der Waals surface area contributed by atoms with Gasteiger partial charge in [-0.2, -0.15) is 13.2 Å². The van der Waals surface area contributed by atoms with Gasteiger partial charge in [0.1, 0.15) is 0 Å². The van der Waals surface area contributed by atoms with Crippen molar-refractivity contribution in [3.63, 3.8) is 0 Å². The summed E-state index contributed by atoms with van der Waals surface area (Å²) in [6.45, 7) is 0. The van der Waals surface area contributed by atoms with Crippen LogP contribution < -0.4 is 16.6 Å². The first-order chi connectivity index (χ1) is 11.3. The molecular formula is C16H18F3N3O2. The van der Waals surface area contributed by atoms with Crippen LogP contribution in [0.15, 0.2) is 35.5 Å². The zero-order valence-corrected chi connectivity index (χ0v) is 12.9. The highest BCUT2D eigenvalue weighted by Gasteiger charge is 2.41. The molecule has 0 aromatic heterocycles. The van der Waals surface area contributed by atoms with E-state index in [2.05, 4.69) is 10.9 Å². The van der Waals surface area contributed by atoms with Gasteiger partial charge in [-0.05, 0) is 49.9 Å². The number of nitrogens with two attached hydrogens (primary N) is 1. The fraction of sp³-hybridized carbons (Fsp3) is 0.375. The molecule has 0 heterocycles. The van der Waals surface area contributed by atoms with E-state index in [1.165, 1.54) is 12.1 Å². The van der Waals surface area contributed by atoms with Gasteiger partial charge in [0.25, 0.3) is 11.7 Å². The number of hydrogen-bond donors (Lipinski definition) is 3. The number of hydrogen-bond acceptors (Lipinski definition) is 4. The molecule has 0 atom stereocenters. The Bertz CT molecular complexity index is 652. The van der Waals surface area contributed by atoms with Crippen molar-refractivity contribution >= 4 is 17.4 Å². The van der Waals surface area contributed by atoms with Crippen LogP contribution in [0.1, 0.15) is 42.5 Å². The number of halogens is 3. The average Bonchev–Trinajstić information content (AvgIpc) is 2.77. The molecule has 1 amide bonds. The number of alkyl halides is 3. The third-order valence-electron chi connectivity index (χ3n) is 3.75. The van der Waals surface area contributed by atoms with E-state index < -0.39 is 17.9 Å². The van der Waals surface area contributed by atoms with E-state index in [4.69, 9.17) is 5.73 Å². The lowest BCUT2D eigenvalue weighted by Crippen LogP contribution is -2.38. The van der Waals surface area contributed by atoms with E-state index in [-0.39, 0.29) is 24.1 Å². The van der Waals surface area contributed by atoms with Gasteiger partial charge in [-0.1, -0.05) is 6.42 Å². The van der Waals surface area contributed by atoms with E-state index in [0.717, 1.165) is 6.42 Å². The van der Waals surface area contributed by atoms with Crippen LogP contribution >= 0.6 is 0 Å². The summed E-state index contributed by atoms with van der Waals surface area (Å²) in [5, 5.41) is 0. The molecule has 0 bridgehead atoms. The molecule has 0 aliphatic heterocycles. The third-order valence-corrected chi connectivity index (χ3v) is 3.75. The van der Waals surface area contributed by atoms with Crippen molar-refractivity contribution < 1.29 is 22.8 Å². The first-order valence-electron chi connectivity index (χ1n) is 7.54. The Labute approximate surface area is 137 Å². The second-order valence-electron chi connectivity index (χ2n) is 5.55. The number of ketones is 1. The molecule has 130 valence electrons. The van der Waals surface area contributed by atoms with E-state index in [1.54, 1.807) is 12.1 Å². The molecule has 0 spiro atoms. The van der Waals surface area contributed by atoms with Crippen LogP contribution in [-0.2, 0) is 4.79 Å². The molecule has 1 aromatic rings. The van der Waals surface area contributed by atoms with Crippen molar-refractivity contribution in [1.29, 1.82) is 0 Å². The van der Waals surface area contributed by atoms with Gasteiger partial charge < -0.3 is 11.2 Å². The second-order valence-corrected chi connectivity index (χ2v) is 5.55. The number of anilines is 1. The maximum Gasteiger partial charge on any atom is 0.454 e. The third kappa shape index (κ3) is 4.50. The van der Waals surface area contributed by atoms with Crippen molar-refractivity contribution in [2.45, 2.75) is 38.3 Å². The Morgan fingerprint density at radius 1 is 1.00 bits per heavy atom. The Kier molecular flexibility index (Phi) is 5.48. The summed E-state index contributed by atoms with van der Waals surface area (Å²) in [6, 6.07) is 6.07. The number of carbonyl (C=O) groups is 2. The first-order valence-corrected chi connectivity index (χ1v) is 7.54. The molecule has 2 rings (SSSR count). The van der Waals surface area contributed by atoms with Gasteiger partial charge in [0.2, 0.25) is 0 Å². The number of carbonyl (C=O) groups excluding carboxylic acids is 2. The zero-order valence-electron chi connectivity index (χ0n) is 12.9. The molecule has 4 N–H and O–H groups in total. The summed E-state index contributed by atoms with van der Waals surface area (Å²) in [4.78, 5) is 23.6. The van der Waals surface area contributed by atoms with E-state index in [1.807, 2.05) is 0 Å². The standard InChI is InChI=1S/C16H18F3N3O2/c17-16(18,19)14(23)12-4-2-1-3-5-13(12)21-22-15(24)10-6-8-11(20)9-7-10/h6-9,21H,1-5,20H2,(H,22,24). The Morgan fingerprint density at radius 2 is 1.62 bits per heavy atom. The highest BCUT2D eigenvalue weighted by atomic mass is 19.4. The van der Waals surface area contributed by atoms with Crippen LogP contribution in [0.5, 0.6) is 0 Å². The van der Waals surface area contributed by atoms with Gasteiger partial charge in [-0.3, -0.25) is 15.0 Å². The highest BCUT2D eigenvalue weighted by Crippen LogP contribution is 2.29. The molecule has 8 heteroatoms. The average molecular weight is 341 g/mol. The predicted molar refractivity (Wildman–Crippen MR) is 82.6 cm³/mol. The molecule has 24 heavy (non-hydrogen) atoms. The normalized spacial score (nSPS) is 15.6. The maximum absolute atomic E-state index is 12.7. The highest BCUT2D eigenvalue weighted by molar-refractivity contribution is 6.00. The molecular weight excluding hydrogens is 323 g/mol. The Morgan fingerprint density at radius 3 is 2.25 bits per heavy atom. The van der Waals surface area contributed by atoms with Crippen LogP contribution in [-0.4, -0.2) is 17.9 Å². The second kappa shape index (κ2) is 7.37. The fourth-order valence-electron chi connectivity index (χ4n) is 2.48. The molecule has 5 nitrogen and oxygen atoms in total. The number of nitrogen functional groups attached to an aromatic ring is 1. The van der Waals surface area contributed by atoms with Crippen molar-refractivity contribution in [3.8, 4) is 0 Å². The van der Waals surface area contributed by atoms with Crippen molar-refractivity contribution in [2.24, 2.45) is 0 Å². The van der Waals surface area contributed by atoms with Crippen LogP contribution in [0, 0.1) is 0 Å². The predicted octanol–water partition coefficient (Wildman–Crippen LogP) is 2.85. The van der Waals surface area contributed by atoms with Gasteiger partial charge in [-0.25, -0.2) is 0 Å². The molecule has 0 saturated carbocycles. The number of nitrogens with one attached hydrogen (secondary N) is 2. The summed E-state index contributed by atoms with van der Waals surface area (Å²) >= 11 is 0. The minimum atomic E-state index is -4.92. The van der Waals surface area contributed by atoms with Crippen LogP contribution in [0.3, 0.4) is 0 Å². The first kappa shape index (κ1) is 17.8. The minimum Gasteiger partial charge on any atom is -0.399 e. The van der Waals surface area contributed by atoms with Crippen molar-refractivity contribution in [1.82, 2.24) is 10.9 Å². The number of amides is 1. The Balaban J connectivity index is 2.13. The summed E-state index contributed by atoms with van der Waals surface area (Å²) in [5.74, 6) is -2.38. The number of hydrazine groups is 1. The van der Waals surface area contributed by atoms with Gasteiger partial charge in [0.05, 0.1) is 0 Å². The molecule has 1 aromatic carbocycles. The molecule has 1 aliphatic rings. The maximum atomic E-state index is 12.7. The Hall–Kier alpha value is -2.51. The zero-order chi connectivity index (χ0) is 17.7. The minimum absolute atomic E-state index is 0.0401. The van der Waals surface area contributed by atoms with Crippen molar-refractivity contribution in [2.75, 3.05) is 5.73 Å². The summed E-state index contributed by atoms with van der Waals surface area (Å²) in [6.07, 6.45) is -2.72. The lowest BCUT2D eigenvalue weighted by Gasteiger charge is -2.16. The largest absolute Gasteiger partial charge is 0.454 e. The summed E-state index contributed by atoms with van der Waals surface area (Å²) in [7, 11) is 0. The molecule has 0 unspecified atom stereocenters. The number of rotatable bonds is 4. The van der Waals surface area contributed by atoms with Crippen LogP contribution in [0.2, 0.25) is 0 Å². The van der Waals surface area contributed by atoms with E-state index in [0.29, 0.717) is 24.1 Å². The monoisotopic (exact) mass is 341 g/mol. The van der Waals surface area contributed by atoms with E-state index >= 15 is 0 Å².